The summed E-state index contributed by atoms with van der Waals surface area (Å²) in [7, 11) is 0. The quantitative estimate of drug-likeness (QED) is 0.635. The van der Waals surface area contributed by atoms with E-state index in [1.165, 1.54) is 0 Å². The molecule has 2 amide bonds. The Labute approximate surface area is 72.6 Å². The molecule has 0 radical (unpaired) electrons. The minimum Gasteiger partial charge on any atom is -0.391 e. The molecule has 12 heavy (non-hydrogen) atoms. The standard InChI is InChI=1S/C8H16N2O2/c1-2-3-7(11)6-10-5-4-9-8(10)12/h7,11H,2-6H2,1H3,(H,9,12). The Morgan fingerprint density at radius 1 is 1.75 bits per heavy atom. The largest absolute Gasteiger partial charge is 0.391 e. The van der Waals surface area contributed by atoms with E-state index in [1.807, 2.05) is 6.92 Å². The number of aliphatic hydroxyl groups excluding tert-OH is 1. The summed E-state index contributed by atoms with van der Waals surface area (Å²) in [6, 6.07) is -0.0508. The van der Waals surface area contributed by atoms with E-state index >= 15 is 0 Å². The van der Waals surface area contributed by atoms with Crippen LogP contribution >= 0.6 is 0 Å². The smallest absolute Gasteiger partial charge is 0.317 e. The maximum absolute atomic E-state index is 11.0. The summed E-state index contributed by atoms with van der Waals surface area (Å²) in [5.74, 6) is 0. The first-order valence-corrected chi connectivity index (χ1v) is 4.45. The first-order chi connectivity index (χ1) is 5.74. The lowest BCUT2D eigenvalue weighted by molar-refractivity contribution is 0.123. The van der Waals surface area contributed by atoms with Crippen LogP contribution < -0.4 is 5.32 Å². The van der Waals surface area contributed by atoms with Gasteiger partial charge in [-0.05, 0) is 6.42 Å². The summed E-state index contributed by atoms with van der Waals surface area (Å²) in [4.78, 5) is 12.7. The van der Waals surface area contributed by atoms with E-state index in [2.05, 4.69) is 5.32 Å². The highest BCUT2D eigenvalue weighted by Gasteiger charge is 2.21. The van der Waals surface area contributed by atoms with Gasteiger partial charge in [-0.25, -0.2) is 4.79 Å². The molecule has 70 valence electrons. The van der Waals surface area contributed by atoms with E-state index in [9.17, 15) is 9.90 Å². The molecule has 0 aliphatic carbocycles. The van der Waals surface area contributed by atoms with Crippen molar-refractivity contribution in [1.82, 2.24) is 10.2 Å². The van der Waals surface area contributed by atoms with E-state index < -0.39 is 0 Å². The molecule has 0 bridgehead atoms. The topological polar surface area (TPSA) is 52.6 Å². The van der Waals surface area contributed by atoms with Crippen molar-refractivity contribution < 1.29 is 9.90 Å². The zero-order chi connectivity index (χ0) is 8.97. The molecule has 1 heterocycles. The highest BCUT2D eigenvalue weighted by atomic mass is 16.3. The van der Waals surface area contributed by atoms with Crippen LogP contribution in [0.4, 0.5) is 4.79 Å². The Bertz CT molecular complexity index is 161. The van der Waals surface area contributed by atoms with Gasteiger partial charge in [-0.3, -0.25) is 0 Å². The molecule has 0 aromatic carbocycles. The third kappa shape index (κ3) is 2.37. The lowest BCUT2D eigenvalue weighted by Crippen LogP contribution is -2.35. The van der Waals surface area contributed by atoms with Crippen LogP contribution in [0.15, 0.2) is 0 Å². The van der Waals surface area contributed by atoms with Gasteiger partial charge in [0.05, 0.1) is 6.10 Å². The fraction of sp³-hybridized carbons (Fsp3) is 0.875. The van der Waals surface area contributed by atoms with Crippen molar-refractivity contribution in [3.05, 3.63) is 0 Å². The highest BCUT2D eigenvalue weighted by Crippen LogP contribution is 2.02. The average Bonchev–Trinajstić information content (AvgIpc) is 2.37. The molecule has 1 rings (SSSR count). The molecule has 4 heteroatoms. The maximum Gasteiger partial charge on any atom is 0.317 e. The predicted octanol–water partition coefficient (Wildman–Crippen LogP) is 0.173. The summed E-state index contributed by atoms with van der Waals surface area (Å²) in [5, 5.41) is 12.1. The van der Waals surface area contributed by atoms with Gasteiger partial charge in [-0.2, -0.15) is 0 Å². The highest BCUT2D eigenvalue weighted by molar-refractivity contribution is 5.76. The average molecular weight is 172 g/mol. The fourth-order valence-corrected chi connectivity index (χ4v) is 1.36. The Hall–Kier alpha value is -0.770. The summed E-state index contributed by atoms with van der Waals surface area (Å²) in [6.07, 6.45) is 1.36. The number of β-amino-alcohol motifs (C(OH)–C–C–N with tert-alkyl or cyclic N) is 1. The van der Waals surface area contributed by atoms with Crippen LogP contribution in [0.25, 0.3) is 0 Å². The maximum atomic E-state index is 11.0. The van der Waals surface area contributed by atoms with Crippen LogP contribution in [0, 0.1) is 0 Å². The van der Waals surface area contributed by atoms with Crippen molar-refractivity contribution in [3.63, 3.8) is 0 Å². The second-order valence-corrected chi connectivity index (χ2v) is 3.12. The third-order valence-corrected chi connectivity index (χ3v) is 2.00. The van der Waals surface area contributed by atoms with Gasteiger partial charge in [0, 0.05) is 19.6 Å². The number of aliphatic hydroxyl groups is 1. The molecule has 1 saturated heterocycles. The monoisotopic (exact) mass is 172 g/mol. The van der Waals surface area contributed by atoms with Crippen LogP contribution in [-0.4, -0.2) is 41.8 Å². The van der Waals surface area contributed by atoms with E-state index in [1.54, 1.807) is 4.90 Å². The Morgan fingerprint density at radius 2 is 2.50 bits per heavy atom. The Kier molecular flexibility index (Phi) is 3.34. The predicted molar refractivity (Wildman–Crippen MR) is 45.9 cm³/mol. The number of hydrogen-bond donors (Lipinski definition) is 2. The zero-order valence-electron chi connectivity index (χ0n) is 7.42. The van der Waals surface area contributed by atoms with Gasteiger partial charge in [-0.1, -0.05) is 13.3 Å². The number of hydrogen-bond acceptors (Lipinski definition) is 2. The van der Waals surface area contributed by atoms with Gasteiger partial charge in [0.25, 0.3) is 0 Å². The Balaban J connectivity index is 2.25. The van der Waals surface area contributed by atoms with Crippen LogP contribution in [0.1, 0.15) is 19.8 Å². The van der Waals surface area contributed by atoms with Crippen molar-refractivity contribution in [1.29, 1.82) is 0 Å². The molecular formula is C8H16N2O2. The minimum atomic E-state index is -0.362. The zero-order valence-corrected chi connectivity index (χ0v) is 7.42. The summed E-state index contributed by atoms with van der Waals surface area (Å²) >= 11 is 0. The van der Waals surface area contributed by atoms with Crippen molar-refractivity contribution in [2.75, 3.05) is 19.6 Å². The van der Waals surface area contributed by atoms with Gasteiger partial charge in [0.1, 0.15) is 0 Å². The SMILES string of the molecule is CCCC(O)CN1CCNC1=O. The molecule has 1 atom stereocenters. The number of amides is 2. The minimum absolute atomic E-state index is 0.0508. The van der Waals surface area contributed by atoms with E-state index in [0.717, 1.165) is 19.4 Å². The first-order valence-electron chi connectivity index (χ1n) is 4.45. The number of carbonyl (C=O) groups excluding carboxylic acids is 1. The van der Waals surface area contributed by atoms with Crippen LogP contribution in [-0.2, 0) is 0 Å². The number of urea groups is 1. The molecule has 0 spiro atoms. The summed E-state index contributed by atoms with van der Waals surface area (Å²) in [5.41, 5.74) is 0. The lowest BCUT2D eigenvalue weighted by Gasteiger charge is -2.17. The van der Waals surface area contributed by atoms with E-state index in [0.29, 0.717) is 13.1 Å². The van der Waals surface area contributed by atoms with Crippen molar-refractivity contribution in [2.24, 2.45) is 0 Å². The summed E-state index contributed by atoms with van der Waals surface area (Å²) < 4.78 is 0. The second kappa shape index (κ2) is 4.30. The number of rotatable bonds is 4. The molecule has 1 aliphatic heterocycles. The molecule has 1 unspecified atom stereocenters. The van der Waals surface area contributed by atoms with Gasteiger partial charge < -0.3 is 15.3 Å². The molecule has 2 N–H and O–H groups in total. The van der Waals surface area contributed by atoms with Crippen molar-refractivity contribution in [3.8, 4) is 0 Å². The fourth-order valence-electron chi connectivity index (χ4n) is 1.36. The first kappa shape index (κ1) is 9.32. The van der Waals surface area contributed by atoms with E-state index in [-0.39, 0.29) is 12.1 Å². The van der Waals surface area contributed by atoms with Crippen LogP contribution in [0.3, 0.4) is 0 Å². The number of carbonyl (C=O) groups is 1. The molecule has 4 nitrogen and oxygen atoms in total. The number of nitrogens with one attached hydrogen (secondary N) is 1. The molecule has 1 aliphatic rings. The normalized spacial score (nSPS) is 19.5. The molecule has 0 aromatic rings. The van der Waals surface area contributed by atoms with Gasteiger partial charge >= 0.3 is 6.03 Å². The van der Waals surface area contributed by atoms with Crippen LogP contribution in [0.5, 0.6) is 0 Å². The molecule has 0 aromatic heterocycles. The molecule has 0 saturated carbocycles. The van der Waals surface area contributed by atoms with E-state index in [4.69, 9.17) is 0 Å². The lowest BCUT2D eigenvalue weighted by atomic mass is 10.2. The van der Waals surface area contributed by atoms with Gasteiger partial charge in [0.2, 0.25) is 0 Å². The van der Waals surface area contributed by atoms with Crippen molar-refractivity contribution in [2.45, 2.75) is 25.9 Å². The Morgan fingerprint density at radius 3 is 3.00 bits per heavy atom. The van der Waals surface area contributed by atoms with Crippen molar-refractivity contribution >= 4 is 6.03 Å². The number of nitrogens with zero attached hydrogens (tertiary/aromatic N) is 1. The molecule has 1 fully saturated rings. The summed E-state index contributed by atoms with van der Waals surface area (Å²) in [6.45, 7) is 3.92. The third-order valence-electron chi connectivity index (χ3n) is 2.00. The van der Waals surface area contributed by atoms with Crippen LogP contribution in [0.2, 0.25) is 0 Å². The van der Waals surface area contributed by atoms with Gasteiger partial charge in [0.15, 0.2) is 0 Å². The second-order valence-electron chi connectivity index (χ2n) is 3.12. The van der Waals surface area contributed by atoms with Gasteiger partial charge in [-0.15, -0.1) is 0 Å². The molecular weight excluding hydrogens is 156 g/mol.